The number of aliphatic carboxylic acids is 5. The van der Waals surface area contributed by atoms with Crippen LogP contribution < -0.4 is 15.5 Å². The summed E-state index contributed by atoms with van der Waals surface area (Å²) in [5, 5.41) is 53.4. The molecule has 0 unspecified atom stereocenters. The number of hydrogen-bond donors (Lipinski definition) is 7. The molecule has 2 aliphatic heterocycles. The molecular weight excluding hydrogens is 930 g/mol. The van der Waals surface area contributed by atoms with Gasteiger partial charge in [-0.2, -0.15) is 17.7 Å². The van der Waals surface area contributed by atoms with Crippen LogP contribution in [0.25, 0.3) is 21.5 Å². The smallest absolute Gasteiger partial charge is 0.481 e. The van der Waals surface area contributed by atoms with Crippen molar-refractivity contribution in [3.63, 3.8) is 0 Å². The van der Waals surface area contributed by atoms with E-state index in [4.69, 9.17) is 20.1 Å². The molecule has 16 nitrogen and oxygen atoms in total. The lowest BCUT2D eigenvalue weighted by atomic mass is 9.79. The molecule has 0 fully saturated rings. The Balaban J connectivity index is 0.00000124. The maximum Gasteiger partial charge on any atom is 0.490 e. The summed E-state index contributed by atoms with van der Waals surface area (Å²) < 4.78 is 33.8. The fourth-order valence-electron chi connectivity index (χ4n) is 8.90. The van der Waals surface area contributed by atoms with Gasteiger partial charge in [0.2, 0.25) is 17.5 Å². The zero-order valence-electron chi connectivity index (χ0n) is 39.4. The number of rotatable bonds is 18. The molecule has 0 bridgehead atoms. The number of allylic oxidation sites excluding steroid dienone is 8. The number of carbonyl (C=O) groups is 7. The number of hydrogen-bond acceptors (Lipinski definition) is 8. The number of benzene rings is 4. The fraction of sp³-hybridized carbons (Fsp3) is 0.308. The lowest BCUT2D eigenvalue weighted by molar-refractivity contribution is -0.436. The number of carbonyl (C=O) groups excluding carboxylic acids is 2. The van der Waals surface area contributed by atoms with Crippen LogP contribution in [-0.4, -0.2) is 109 Å². The molecule has 7 N–H and O–H groups in total. The van der Waals surface area contributed by atoms with Crippen LogP contribution >= 0.6 is 0 Å². The van der Waals surface area contributed by atoms with Gasteiger partial charge in [-0.05, 0) is 66.1 Å². The monoisotopic (exact) mass is 983 g/mol. The van der Waals surface area contributed by atoms with E-state index < -0.39 is 83.6 Å². The summed E-state index contributed by atoms with van der Waals surface area (Å²) in [5.74, 6) is -9.42. The van der Waals surface area contributed by atoms with E-state index >= 15 is 0 Å². The Morgan fingerprint density at radius 3 is 1.72 bits per heavy atom. The molecule has 2 aliphatic rings. The van der Waals surface area contributed by atoms with Crippen LogP contribution in [-0.2, 0) is 44.4 Å². The van der Waals surface area contributed by atoms with Crippen molar-refractivity contribution < 1.29 is 76.8 Å². The van der Waals surface area contributed by atoms with Crippen molar-refractivity contribution in [1.82, 2.24) is 10.6 Å². The molecule has 4 aromatic rings. The number of fused-ring (bicyclic) bond motifs is 6. The van der Waals surface area contributed by atoms with Crippen molar-refractivity contribution in [3.8, 4) is 0 Å². The predicted molar refractivity (Wildman–Crippen MR) is 258 cm³/mol. The Bertz CT molecular complexity index is 2950. The lowest BCUT2D eigenvalue weighted by Crippen LogP contribution is -2.43. The topological polar surface area (TPSA) is 251 Å². The van der Waals surface area contributed by atoms with E-state index in [1.54, 1.807) is 0 Å². The highest BCUT2D eigenvalue weighted by atomic mass is 19.4. The van der Waals surface area contributed by atoms with E-state index in [-0.39, 0.29) is 25.9 Å². The van der Waals surface area contributed by atoms with Crippen LogP contribution in [0.4, 0.5) is 24.5 Å². The molecule has 0 radical (unpaired) electrons. The third-order valence-electron chi connectivity index (χ3n) is 12.1. The molecule has 71 heavy (non-hydrogen) atoms. The maximum atomic E-state index is 13.0. The van der Waals surface area contributed by atoms with Crippen LogP contribution in [0.15, 0.2) is 121 Å². The molecule has 2 atom stereocenters. The molecule has 0 aromatic heterocycles. The number of amides is 2. The van der Waals surface area contributed by atoms with Gasteiger partial charge in [0.1, 0.15) is 12.1 Å². The largest absolute Gasteiger partial charge is 0.490 e. The molecule has 19 heteroatoms. The van der Waals surface area contributed by atoms with Gasteiger partial charge in [0.05, 0.1) is 24.7 Å². The van der Waals surface area contributed by atoms with Gasteiger partial charge >= 0.3 is 36.0 Å². The minimum absolute atomic E-state index is 0.0827. The van der Waals surface area contributed by atoms with Gasteiger partial charge in [-0.3, -0.25) is 19.2 Å². The SMILES string of the molecule is CC(/C=C/C=C1/N(CCC(=O)N[C@H](CC(=O)O)C(=O)O)c2ccc3ccccc3c2C1(C)C)=C\C=C\C1=[N+](CCC(=O)N[C@@H](CC(=O)O)C(=O)O)c2ccc3ccccc3c2C1(C)C.O=C(O)C(F)(F)F. The average Bonchev–Trinajstić information content (AvgIpc) is 3.64. The van der Waals surface area contributed by atoms with Crippen molar-refractivity contribution in [2.45, 2.75) is 89.4 Å². The summed E-state index contributed by atoms with van der Waals surface area (Å²) in [7, 11) is 0. The van der Waals surface area contributed by atoms with Gasteiger partial charge in [0.25, 0.3) is 0 Å². The van der Waals surface area contributed by atoms with Crippen molar-refractivity contribution in [2.75, 3.05) is 18.0 Å². The van der Waals surface area contributed by atoms with E-state index in [0.29, 0.717) is 0 Å². The fourth-order valence-corrected chi connectivity index (χ4v) is 8.90. The van der Waals surface area contributed by atoms with Crippen LogP contribution in [0.1, 0.15) is 71.4 Å². The molecule has 6 rings (SSSR count). The standard InChI is InChI=1S/C50H52N4O10.C2HF3O2/c1-30(12-10-18-39-49(2,3)45-33-16-8-6-14-31(33)20-22-37(45)53(39)26-24-41(55)51-35(47(61)62)28-43(57)58)13-11-19-40-50(4,5)46-34-17-9-7-15-32(34)21-23-38(46)54(40)27-25-42(56)52-36(48(63)64)29-44(59)60;3-2(4,5)1(6)7/h6-23,35-36H,24-29H2,1-5H3,(H5-,51,52,55,56,57,58,59,60,61,62,63,64);(H,6,7)/p+1/t35-,36+;. The highest BCUT2D eigenvalue weighted by Crippen LogP contribution is 2.51. The van der Waals surface area contributed by atoms with Crippen molar-refractivity contribution in [3.05, 3.63) is 132 Å². The van der Waals surface area contributed by atoms with Crippen LogP contribution in [0.2, 0.25) is 0 Å². The second kappa shape index (κ2) is 22.1. The lowest BCUT2D eigenvalue weighted by Gasteiger charge is -2.27. The summed E-state index contributed by atoms with van der Waals surface area (Å²) in [5.41, 5.74) is 5.75. The number of nitrogens with one attached hydrogen (secondary N) is 2. The molecule has 2 heterocycles. The number of carboxylic acid groups (broad SMARTS) is 5. The third-order valence-corrected chi connectivity index (χ3v) is 12.1. The van der Waals surface area contributed by atoms with Gasteiger partial charge in [-0.15, -0.1) is 0 Å². The molecular formula is C52H54F3N4O12+. The first-order valence-corrected chi connectivity index (χ1v) is 22.2. The Kier molecular flexibility index (Phi) is 16.8. The third kappa shape index (κ3) is 12.8. The number of alkyl halides is 3. The number of anilines is 1. The van der Waals surface area contributed by atoms with Gasteiger partial charge in [-0.25, -0.2) is 14.4 Å². The Morgan fingerprint density at radius 1 is 0.690 bits per heavy atom. The van der Waals surface area contributed by atoms with Gasteiger partial charge in [0.15, 0.2) is 12.3 Å². The first-order valence-electron chi connectivity index (χ1n) is 22.2. The summed E-state index contributed by atoms with van der Waals surface area (Å²) in [6.07, 6.45) is 5.11. The molecule has 0 aliphatic carbocycles. The van der Waals surface area contributed by atoms with E-state index in [9.17, 15) is 52.2 Å². The van der Waals surface area contributed by atoms with Crippen LogP contribution in [0.5, 0.6) is 0 Å². The van der Waals surface area contributed by atoms with E-state index in [1.807, 2.05) is 104 Å². The molecule has 374 valence electrons. The van der Waals surface area contributed by atoms with Gasteiger partial charge < -0.3 is 41.1 Å². The minimum atomic E-state index is -5.08. The first kappa shape index (κ1) is 53.9. The highest BCUT2D eigenvalue weighted by Gasteiger charge is 2.46. The normalized spacial score (nSPS) is 16.4. The van der Waals surface area contributed by atoms with E-state index in [2.05, 4.69) is 59.9 Å². The number of nitrogens with zero attached hydrogens (tertiary/aromatic N) is 2. The van der Waals surface area contributed by atoms with E-state index in [0.717, 1.165) is 61.0 Å². The second-order valence-electron chi connectivity index (χ2n) is 17.9. The minimum Gasteiger partial charge on any atom is -0.481 e. The van der Waals surface area contributed by atoms with Crippen molar-refractivity contribution >= 4 is 80.3 Å². The Hall–Kier alpha value is -8.09. The molecule has 0 spiro atoms. The molecule has 4 aromatic carbocycles. The summed E-state index contributed by atoms with van der Waals surface area (Å²) in [6, 6.07) is 21.2. The quantitative estimate of drug-likeness (QED) is 0.0375. The molecule has 0 saturated carbocycles. The number of halogens is 3. The van der Waals surface area contributed by atoms with Crippen LogP contribution in [0.3, 0.4) is 0 Å². The summed E-state index contributed by atoms with van der Waals surface area (Å²) in [6.45, 7) is 10.9. The van der Waals surface area contributed by atoms with Crippen molar-refractivity contribution in [1.29, 1.82) is 0 Å². The summed E-state index contributed by atoms with van der Waals surface area (Å²) >= 11 is 0. The predicted octanol–water partition coefficient (Wildman–Crippen LogP) is 7.61. The second-order valence-corrected chi connectivity index (χ2v) is 17.9. The van der Waals surface area contributed by atoms with E-state index in [1.165, 1.54) is 0 Å². The zero-order chi connectivity index (χ0) is 52.6. The Labute approximate surface area is 405 Å². The summed E-state index contributed by atoms with van der Waals surface area (Å²) in [4.78, 5) is 82.8. The number of carboxylic acids is 5. The highest BCUT2D eigenvalue weighted by molar-refractivity contribution is 6.08. The maximum absolute atomic E-state index is 13.0. The first-order chi connectivity index (χ1) is 33.2. The van der Waals surface area contributed by atoms with Gasteiger partial charge in [0, 0.05) is 47.5 Å². The van der Waals surface area contributed by atoms with Crippen LogP contribution in [0, 0.1) is 0 Å². The van der Waals surface area contributed by atoms with Crippen molar-refractivity contribution in [2.24, 2.45) is 0 Å². The molecule has 0 saturated heterocycles. The van der Waals surface area contributed by atoms with Gasteiger partial charge in [-0.1, -0.05) is 98.3 Å². The average molecular weight is 984 g/mol. The zero-order valence-corrected chi connectivity index (χ0v) is 39.4. The molecule has 2 amide bonds. The Morgan fingerprint density at radius 2 is 1.20 bits per heavy atom.